The molecule has 0 unspecified atom stereocenters. The monoisotopic (exact) mass is 353 g/mol. The third-order valence-corrected chi connectivity index (χ3v) is 3.98. The SMILES string of the molecule is Nc1ncc(CCCCCc2cn(CC(=O)Nc3ccccc3)nn2)[nH]1. The van der Waals surface area contributed by atoms with Crippen LogP contribution in [0.4, 0.5) is 11.6 Å². The van der Waals surface area contributed by atoms with E-state index in [0.29, 0.717) is 5.95 Å². The van der Waals surface area contributed by atoms with Crippen LogP contribution in [0.2, 0.25) is 0 Å². The molecule has 0 saturated carbocycles. The van der Waals surface area contributed by atoms with E-state index < -0.39 is 0 Å². The van der Waals surface area contributed by atoms with Crippen LogP contribution in [0.25, 0.3) is 0 Å². The Kier molecular flexibility index (Phi) is 5.97. The van der Waals surface area contributed by atoms with Crippen molar-refractivity contribution in [1.29, 1.82) is 0 Å². The van der Waals surface area contributed by atoms with Crippen molar-refractivity contribution < 1.29 is 4.79 Å². The van der Waals surface area contributed by atoms with E-state index >= 15 is 0 Å². The van der Waals surface area contributed by atoms with Gasteiger partial charge in [0.15, 0.2) is 5.95 Å². The Hall–Kier alpha value is -3.16. The summed E-state index contributed by atoms with van der Waals surface area (Å²) in [5, 5.41) is 11.0. The van der Waals surface area contributed by atoms with Crippen LogP contribution in [0.3, 0.4) is 0 Å². The van der Waals surface area contributed by atoms with Gasteiger partial charge in [0.05, 0.1) is 11.9 Å². The van der Waals surface area contributed by atoms with Crippen LogP contribution in [-0.4, -0.2) is 30.9 Å². The second-order valence-corrected chi connectivity index (χ2v) is 6.18. The van der Waals surface area contributed by atoms with Crippen LogP contribution in [0, 0.1) is 0 Å². The van der Waals surface area contributed by atoms with Crippen LogP contribution in [-0.2, 0) is 24.2 Å². The predicted molar refractivity (Wildman–Crippen MR) is 99.4 cm³/mol. The smallest absolute Gasteiger partial charge is 0.246 e. The minimum atomic E-state index is -0.119. The minimum absolute atomic E-state index is 0.119. The first-order valence-corrected chi connectivity index (χ1v) is 8.72. The molecule has 0 spiro atoms. The molecule has 2 heterocycles. The van der Waals surface area contributed by atoms with Crippen molar-refractivity contribution in [3.8, 4) is 0 Å². The lowest BCUT2D eigenvalue weighted by atomic mass is 10.1. The Morgan fingerprint density at radius 2 is 1.96 bits per heavy atom. The lowest BCUT2D eigenvalue weighted by Gasteiger charge is -2.04. The van der Waals surface area contributed by atoms with Gasteiger partial charge in [-0.15, -0.1) is 5.10 Å². The molecule has 0 aliphatic heterocycles. The molecular weight excluding hydrogens is 330 g/mol. The zero-order valence-corrected chi connectivity index (χ0v) is 14.6. The number of aryl methyl sites for hydroxylation is 2. The first-order valence-electron chi connectivity index (χ1n) is 8.72. The molecule has 1 amide bonds. The number of rotatable bonds is 9. The zero-order chi connectivity index (χ0) is 18.2. The number of aromatic nitrogens is 5. The zero-order valence-electron chi connectivity index (χ0n) is 14.6. The maximum Gasteiger partial charge on any atom is 0.246 e. The van der Waals surface area contributed by atoms with Crippen molar-refractivity contribution in [3.05, 3.63) is 54.1 Å². The second-order valence-electron chi connectivity index (χ2n) is 6.18. The van der Waals surface area contributed by atoms with Crippen molar-refractivity contribution in [2.24, 2.45) is 0 Å². The lowest BCUT2D eigenvalue weighted by molar-refractivity contribution is -0.116. The summed E-state index contributed by atoms with van der Waals surface area (Å²) in [5.74, 6) is 0.347. The van der Waals surface area contributed by atoms with E-state index in [-0.39, 0.29) is 12.5 Å². The van der Waals surface area contributed by atoms with Gasteiger partial charge in [-0.1, -0.05) is 29.8 Å². The molecule has 26 heavy (non-hydrogen) atoms. The fourth-order valence-corrected chi connectivity index (χ4v) is 2.70. The van der Waals surface area contributed by atoms with Gasteiger partial charge >= 0.3 is 0 Å². The molecule has 3 rings (SSSR count). The average Bonchev–Trinajstić information content (AvgIpc) is 3.24. The number of benzene rings is 1. The molecule has 8 heteroatoms. The molecule has 0 saturated heterocycles. The summed E-state index contributed by atoms with van der Waals surface area (Å²) < 4.78 is 1.57. The Morgan fingerprint density at radius 1 is 1.15 bits per heavy atom. The normalized spacial score (nSPS) is 10.8. The molecule has 0 fully saturated rings. The number of nitrogen functional groups attached to an aromatic ring is 1. The van der Waals surface area contributed by atoms with Crippen LogP contribution in [0.15, 0.2) is 42.7 Å². The number of nitrogens with zero attached hydrogens (tertiary/aromatic N) is 4. The molecule has 3 aromatic rings. The van der Waals surface area contributed by atoms with Crippen molar-refractivity contribution in [3.63, 3.8) is 0 Å². The summed E-state index contributed by atoms with van der Waals surface area (Å²) in [5.41, 5.74) is 8.30. The van der Waals surface area contributed by atoms with Crippen LogP contribution >= 0.6 is 0 Å². The molecule has 1 aromatic carbocycles. The molecule has 0 aliphatic rings. The topological polar surface area (TPSA) is 115 Å². The van der Waals surface area contributed by atoms with Crippen molar-refractivity contribution in [2.45, 2.75) is 38.6 Å². The standard InChI is InChI=1S/C18H23N7O/c19-18-20-11-15(22-18)9-5-2-6-10-16-12-25(24-23-16)13-17(26)21-14-7-3-1-4-8-14/h1,3-4,7-8,11-12H,2,5-6,9-10,13H2,(H,21,26)(H3,19,20,22). The molecular formula is C18H23N7O. The summed E-state index contributed by atoms with van der Waals surface area (Å²) >= 11 is 0. The molecule has 0 atom stereocenters. The summed E-state index contributed by atoms with van der Waals surface area (Å²) in [6.07, 6.45) is 8.58. The van der Waals surface area contributed by atoms with Gasteiger partial charge in [-0.25, -0.2) is 9.67 Å². The molecule has 8 nitrogen and oxygen atoms in total. The number of unbranched alkanes of at least 4 members (excludes halogenated alkanes) is 2. The number of nitrogens with two attached hydrogens (primary N) is 1. The highest BCUT2D eigenvalue weighted by Gasteiger charge is 2.06. The Morgan fingerprint density at radius 3 is 2.73 bits per heavy atom. The number of carbonyl (C=O) groups excluding carboxylic acids is 1. The molecule has 4 N–H and O–H groups in total. The van der Waals surface area contributed by atoms with Crippen molar-refractivity contribution >= 4 is 17.5 Å². The number of anilines is 2. The van der Waals surface area contributed by atoms with E-state index in [0.717, 1.165) is 49.2 Å². The van der Waals surface area contributed by atoms with E-state index in [1.54, 1.807) is 10.9 Å². The average molecular weight is 353 g/mol. The molecule has 136 valence electrons. The number of aromatic amines is 1. The van der Waals surface area contributed by atoms with E-state index in [2.05, 4.69) is 25.6 Å². The first-order chi connectivity index (χ1) is 12.7. The number of nitrogens with one attached hydrogen (secondary N) is 2. The fourth-order valence-electron chi connectivity index (χ4n) is 2.70. The molecule has 0 radical (unpaired) electrons. The van der Waals surface area contributed by atoms with Gasteiger partial charge in [0.25, 0.3) is 0 Å². The van der Waals surface area contributed by atoms with E-state index in [1.165, 1.54) is 0 Å². The predicted octanol–water partition coefficient (Wildman–Crippen LogP) is 2.18. The number of imidazole rings is 1. The van der Waals surface area contributed by atoms with Gasteiger partial charge in [-0.2, -0.15) is 0 Å². The Labute approximate surface area is 151 Å². The maximum atomic E-state index is 12.0. The van der Waals surface area contributed by atoms with Gasteiger partial charge in [-0.3, -0.25) is 4.79 Å². The highest BCUT2D eigenvalue weighted by Crippen LogP contribution is 2.09. The van der Waals surface area contributed by atoms with Gasteiger partial charge < -0.3 is 16.0 Å². The summed E-state index contributed by atoms with van der Waals surface area (Å²) in [6, 6.07) is 9.36. The van der Waals surface area contributed by atoms with Crippen molar-refractivity contribution in [1.82, 2.24) is 25.0 Å². The summed E-state index contributed by atoms with van der Waals surface area (Å²) in [7, 11) is 0. The highest BCUT2D eigenvalue weighted by atomic mass is 16.2. The minimum Gasteiger partial charge on any atom is -0.369 e. The van der Waals surface area contributed by atoms with Gasteiger partial charge in [0.2, 0.25) is 5.91 Å². The van der Waals surface area contributed by atoms with Crippen LogP contribution in [0.5, 0.6) is 0 Å². The third kappa shape index (κ3) is 5.44. The van der Waals surface area contributed by atoms with Gasteiger partial charge in [-0.05, 0) is 37.8 Å². The van der Waals surface area contributed by atoms with E-state index in [4.69, 9.17) is 5.73 Å². The molecule has 2 aromatic heterocycles. The largest absolute Gasteiger partial charge is 0.369 e. The van der Waals surface area contributed by atoms with E-state index in [9.17, 15) is 4.79 Å². The molecule has 0 aliphatic carbocycles. The quantitative estimate of drug-likeness (QED) is 0.510. The van der Waals surface area contributed by atoms with Gasteiger partial charge in [0, 0.05) is 17.6 Å². The number of amides is 1. The first kappa shape index (κ1) is 17.7. The van der Waals surface area contributed by atoms with E-state index in [1.807, 2.05) is 36.5 Å². The third-order valence-electron chi connectivity index (χ3n) is 3.98. The summed E-state index contributed by atoms with van der Waals surface area (Å²) in [4.78, 5) is 19.0. The second kappa shape index (κ2) is 8.80. The number of carbonyl (C=O) groups is 1. The number of hydrogen-bond donors (Lipinski definition) is 3. The highest BCUT2D eigenvalue weighted by molar-refractivity contribution is 5.90. The van der Waals surface area contributed by atoms with Crippen LogP contribution < -0.4 is 11.1 Å². The summed E-state index contributed by atoms with van der Waals surface area (Å²) in [6.45, 7) is 0.156. The fraction of sp³-hybridized carbons (Fsp3) is 0.333. The number of hydrogen-bond acceptors (Lipinski definition) is 5. The van der Waals surface area contributed by atoms with Gasteiger partial charge in [0.1, 0.15) is 6.54 Å². The van der Waals surface area contributed by atoms with Crippen molar-refractivity contribution in [2.75, 3.05) is 11.1 Å². The number of H-pyrrole nitrogens is 1. The number of para-hydroxylation sites is 1. The molecule has 0 bridgehead atoms. The van der Waals surface area contributed by atoms with Crippen LogP contribution in [0.1, 0.15) is 30.7 Å². The Bertz CT molecular complexity index is 825. The Balaban J connectivity index is 1.35. The maximum absolute atomic E-state index is 12.0. The lowest BCUT2D eigenvalue weighted by Crippen LogP contribution is -2.19.